The fraction of sp³-hybridized carbons (Fsp3) is 0.273. The SMILES string of the molecule is Cc1ccc(NCC(=O)NNC(=O)c2oc3c(C)ccc(C)c3c2C)c(C)c1. The minimum absolute atomic E-state index is 0.0432. The third-order valence-corrected chi connectivity index (χ3v) is 4.83. The van der Waals surface area contributed by atoms with Crippen molar-refractivity contribution < 1.29 is 14.0 Å². The summed E-state index contributed by atoms with van der Waals surface area (Å²) in [5.74, 6) is -0.628. The van der Waals surface area contributed by atoms with Crippen molar-refractivity contribution in [2.75, 3.05) is 11.9 Å². The number of hydrazine groups is 1. The van der Waals surface area contributed by atoms with Crippen LogP contribution < -0.4 is 16.2 Å². The minimum atomic E-state index is -0.479. The van der Waals surface area contributed by atoms with Crippen molar-refractivity contribution in [1.29, 1.82) is 0 Å². The Morgan fingerprint density at radius 1 is 0.893 bits per heavy atom. The van der Waals surface area contributed by atoms with Gasteiger partial charge in [-0.2, -0.15) is 0 Å². The number of amides is 2. The number of fused-ring (bicyclic) bond motifs is 1. The van der Waals surface area contributed by atoms with E-state index in [1.807, 2.05) is 65.0 Å². The highest BCUT2D eigenvalue weighted by Crippen LogP contribution is 2.30. The number of hydrogen-bond acceptors (Lipinski definition) is 4. The first kappa shape index (κ1) is 19.5. The molecule has 0 unspecified atom stereocenters. The average Bonchev–Trinajstić information content (AvgIpc) is 3.01. The first-order valence-electron chi connectivity index (χ1n) is 9.17. The molecule has 0 fully saturated rings. The number of hydrogen-bond donors (Lipinski definition) is 3. The third-order valence-electron chi connectivity index (χ3n) is 4.83. The molecule has 1 aromatic heterocycles. The standard InChI is InChI=1S/C22H25N3O3/c1-12-6-9-17(15(4)10-12)23-11-18(26)24-25-22(27)21-16(5)19-13(2)7-8-14(3)20(19)28-21/h6-10,23H,11H2,1-5H3,(H,24,26)(H,25,27). The van der Waals surface area contributed by atoms with Gasteiger partial charge in [-0.15, -0.1) is 0 Å². The van der Waals surface area contributed by atoms with Crippen LogP contribution in [0.3, 0.4) is 0 Å². The first-order chi connectivity index (χ1) is 13.3. The maximum atomic E-state index is 12.5. The Morgan fingerprint density at radius 2 is 1.61 bits per heavy atom. The number of carbonyl (C=O) groups excluding carboxylic acids is 2. The predicted octanol–water partition coefficient (Wildman–Crippen LogP) is 3.85. The largest absolute Gasteiger partial charge is 0.450 e. The number of aryl methyl sites for hydroxylation is 5. The second kappa shape index (κ2) is 7.76. The number of carbonyl (C=O) groups is 2. The molecule has 0 aliphatic heterocycles. The van der Waals surface area contributed by atoms with Crippen LogP contribution in [-0.2, 0) is 4.79 Å². The second-order valence-corrected chi connectivity index (χ2v) is 7.13. The Kier molecular flexibility index (Phi) is 5.40. The van der Waals surface area contributed by atoms with Crippen molar-refractivity contribution in [2.45, 2.75) is 34.6 Å². The van der Waals surface area contributed by atoms with Crippen molar-refractivity contribution in [3.05, 3.63) is 63.9 Å². The van der Waals surface area contributed by atoms with Crippen molar-refractivity contribution >= 4 is 28.5 Å². The zero-order valence-electron chi connectivity index (χ0n) is 16.8. The van der Waals surface area contributed by atoms with Crippen LogP contribution in [0.25, 0.3) is 11.0 Å². The van der Waals surface area contributed by atoms with E-state index in [2.05, 4.69) is 16.2 Å². The Labute approximate surface area is 164 Å². The fourth-order valence-electron chi connectivity index (χ4n) is 3.31. The van der Waals surface area contributed by atoms with Crippen molar-refractivity contribution in [1.82, 2.24) is 10.9 Å². The molecule has 0 bridgehead atoms. The lowest BCUT2D eigenvalue weighted by Crippen LogP contribution is -2.44. The van der Waals surface area contributed by atoms with Crippen LogP contribution >= 0.6 is 0 Å². The zero-order chi connectivity index (χ0) is 20.4. The average molecular weight is 379 g/mol. The van der Waals surface area contributed by atoms with Crippen LogP contribution in [0.4, 0.5) is 5.69 Å². The molecule has 0 saturated heterocycles. The Balaban J connectivity index is 1.63. The van der Waals surface area contributed by atoms with Crippen LogP contribution in [-0.4, -0.2) is 18.4 Å². The number of anilines is 1. The smallest absolute Gasteiger partial charge is 0.305 e. The van der Waals surface area contributed by atoms with Crippen molar-refractivity contribution in [2.24, 2.45) is 0 Å². The molecule has 0 radical (unpaired) electrons. The molecule has 0 aliphatic rings. The number of rotatable bonds is 4. The van der Waals surface area contributed by atoms with Gasteiger partial charge >= 0.3 is 5.91 Å². The van der Waals surface area contributed by atoms with Crippen LogP contribution in [0.15, 0.2) is 34.7 Å². The summed E-state index contributed by atoms with van der Waals surface area (Å²) in [4.78, 5) is 24.6. The first-order valence-corrected chi connectivity index (χ1v) is 9.17. The van der Waals surface area contributed by atoms with E-state index >= 15 is 0 Å². The molecular formula is C22H25N3O3. The van der Waals surface area contributed by atoms with E-state index in [0.717, 1.165) is 38.9 Å². The maximum Gasteiger partial charge on any atom is 0.305 e. The van der Waals surface area contributed by atoms with E-state index < -0.39 is 5.91 Å². The van der Waals surface area contributed by atoms with Gasteiger partial charge in [-0.05, 0) is 57.4 Å². The van der Waals surface area contributed by atoms with Gasteiger partial charge in [-0.25, -0.2) is 0 Å². The highest BCUT2D eigenvalue weighted by Gasteiger charge is 2.20. The highest BCUT2D eigenvalue weighted by atomic mass is 16.3. The highest BCUT2D eigenvalue weighted by molar-refractivity contribution is 6.01. The molecule has 6 nitrogen and oxygen atoms in total. The molecule has 146 valence electrons. The minimum Gasteiger partial charge on any atom is -0.450 e. The lowest BCUT2D eigenvalue weighted by atomic mass is 10.0. The molecule has 3 N–H and O–H groups in total. The Bertz CT molecular complexity index is 1070. The van der Waals surface area contributed by atoms with Crippen LogP contribution in [0.2, 0.25) is 0 Å². The zero-order valence-corrected chi connectivity index (χ0v) is 16.8. The Morgan fingerprint density at radius 3 is 2.29 bits per heavy atom. The summed E-state index contributed by atoms with van der Waals surface area (Å²) in [7, 11) is 0. The topological polar surface area (TPSA) is 83.4 Å². The quantitative estimate of drug-likeness (QED) is 0.601. The predicted molar refractivity (Wildman–Crippen MR) is 110 cm³/mol. The summed E-state index contributed by atoms with van der Waals surface area (Å²) >= 11 is 0. The van der Waals surface area contributed by atoms with E-state index in [1.54, 1.807) is 0 Å². The van der Waals surface area contributed by atoms with Crippen LogP contribution in [0.1, 0.15) is 38.4 Å². The lowest BCUT2D eigenvalue weighted by Gasteiger charge is -2.11. The molecule has 28 heavy (non-hydrogen) atoms. The van der Waals surface area contributed by atoms with Gasteiger partial charge in [0.05, 0.1) is 6.54 Å². The summed E-state index contributed by atoms with van der Waals surface area (Å²) in [5, 5.41) is 4.00. The fourth-order valence-corrected chi connectivity index (χ4v) is 3.31. The van der Waals surface area contributed by atoms with E-state index in [4.69, 9.17) is 4.42 Å². The van der Waals surface area contributed by atoms with E-state index in [1.165, 1.54) is 0 Å². The third kappa shape index (κ3) is 3.86. The van der Waals surface area contributed by atoms with Gasteiger partial charge in [0.1, 0.15) is 5.58 Å². The van der Waals surface area contributed by atoms with Crippen molar-refractivity contribution in [3.8, 4) is 0 Å². The number of benzene rings is 2. The molecule has 2 amide bonds. The number of nitrogens with one attached hydrogen (secondary N) is 3. The van der Waals surface area contributed by atoms with Crippen LogP contribution in [0.5, 0.6) is 0 Å². The van der Waals surface area contributed by atoms with E-state index in [9.17, 15) is 9.59 Å². The second-order valence-electron chi connectivity index (χ2n) is 7.13. The van der Waals surface area contributed by atoms with Gasteiger partial charge in [-0.1, -0.05) is 29.8 Å². The molecule has 0 aliphatic carbocycles. The van der Waals surface area contributed by atoms with Gasteiger partial charge < -0.3 is 9.73 Å². The van der Waals surface area contributed by atoms with E-state index in [0.29, 0.717) is 5.58 Å². The molecular weight excluding hydrogens is 354 g/mol. The van der Waals surface area contributed by atoms with Crippen molar-refractivity contribution in [3.63, 3.8) is 0 Å². The van der Waals surface area contributed by atoms with Crippen LogP contribution in [0, 0.1) is 34.6 Å². The van der Waals surface area contributed by atoms with Gasteiger partial charge in [0.2, 0.25) is 0 Å². The molecule has 6 heteroatoms. The monoisotopic (exact) mass is 379 g/mol. The molecule has 0 spiro atoms. The summed E-state index contributed by atoms with van der Waals surface area (Å²) in [5.41, 5.74) is 11.4. The van der Waals surface area contributed by atoms with Gasteiger partial charge in [0.25, 0.3) is 5.91 Å². The summed E-state index contributed by atoms with van der Waals surface area (Å²) < 4.78 is 5.78. The van der Waals surface area contributed by atoms with Gasteiger partial charge in [-0.3, -0.25) is 20.4 Å². The molecule has 2 aromatic carbocycles. The van der Waals surface area contributed by atoms with Gasteiger partial charge in [0, 0.05) is 16.6 Å². The van der Waals surface area contributed by atoms with Gasteiger partial charge in [0.15, 0.2) is 5.76 Å². The number of furan rings is 1. The molecule has 3 aromatic rings. The molecule has 1 heterocycles. The molecule has 0 saturated carbocycles. The lowest BCUT2D eigenvalue weighted by molar-refractivity contribution is -0.120. The summed E-state index contributed by atoms with van der Waals surface area (Å²) in [6, 6.07) is 9.91. The molecule has 3 rings (SSSR count). The molecule has 0 atom stereocenters. The Hall–Kier alpha value is -3.28. The maximum absolute atomic E-state index is 12.5. The van der Waals surface area contributed by atoms with E-state index in [-0.39, 0.29) is 18.2 Å². The normalized spacial score (nSPS) is 10.8. The summed E-state index contributed by atoms with van der Waals surface area (Å²) in [6.45, 7) is 9.79. The summed E-state index contributed by atoms with van der Waals surface area (Å²) in [6.07, 6.45) is 0.